The highest BCUT2D eigenvalue weighted by Crippen LogP contribution is 2.33. The summed E-state index contributed by atoms with van der Waals surface area (Å²) in [5, 5.41) is 11.3. The molecule has 1 heterocycles. The third-order valence-electron chi connectivity index (χ3n) is 2.39. The zero-order chi connectivity index (χ0) is 15.4. The van der Waals surface area contributed by atoms with Crippen LogP contribution in [-0.2, 0) is 4.79 Å². The van der Waals surface area contributed by atoms with Crippen LogP contribution in [0.5, 0.6) is 5.75 Å². The average Bonchev–Trinajstić information content (AvgIpc) is 2.76. The number of para-hydroxylation sites is 2. The fourth-order valence-corrected chi connectivity index (χ4v) is 4.31. The molecule has 2 aromatic rings. The zero-order valence-corrected chi connectivity index (χ0v) is 14.4. The van der Waals surface area contributed by atoms with E-state index in [9.17, 15) is 9.59 Å². The Bertz CT molecular complexity index is 687. The third-order valence-corrected chi connectivity index (χ3v) is 4.73. The van der Waals surface area contributed by atoms with Crippen LogP contribution in [0.3, 0.4) is 0 Å². The van der Waals surface area contributed by atoms with Crippen molar-refractivity contribution >= 4 is 60.8 Å². The van der Waals surface area contributed by atoms with Crippen LogP contribution in [0.15, 0.2) is 37.9 Å². The summed E-state index contributed by atoms with van der Waals surface area (Å²) >= 11 is 8.02. The summed E-state index contributed by atoms with van der Waals surface area (Å²) in [6.07, 6.45) is 0. The minimum Gasteiger partial charge on any atom is -0.480 e. The summed E-state index contributed by atoms with van der Waals surface area (Å²) in [6.45, 7) is -0.472. The standard InChI is InChI=1S/C13H9Br2NO4S/c14-10-5-7(12(15)21-10)13(19)16-8-3-1-2-4-9(8)20-6-11(17)18/h1-5H,6H2,(H,16,19)(H,17,18). The lowest BCUT2D eigenvalue weighted by molar-refractivity contribution is -0.139. The summed E-state index contributed by atoms with van der Waals surface area (Å²) in [7, 11) is 0. The van der Waals surface area contributed by atoms with Gasteiger partial charge in [0.25, 0.3) is 5.91 Å². The third kappa shape index (κ3) is 4.29. The largest absolute Gasteiger partial charge is 0.480 e. The molecule has 2 N–H and O–H groups in total. The van der Waals surface area contributed by atoms with E-state index in [4.69, 9.17) is 9.84 Å². The molecule has 0 saturated heterocycles. The van der Waals surface area contributed by atoms with Gasteiger partial charge in [-0.15, -0.1) is 11.3 Å². The van der Waals surface area contributed by atoms with Gasteiger partial charge >= 0.3 is 5.97 Å². The van der Waals surface area contributed by atoms with Gasteiger partial charge in [-0.05, 0) is 50.1 Å². The lowest BCUT2D eigenvalue weighted by Gasteiger charge is -2.10. The molecule has 0 aliphatic heterocycles. The van der Waals surface area contributed by atoms with E-state index in [0.717, 1.165) is 3.79 Å². The Kier molecular flexibility index (Phi) is 5.38. The average molecular weight is 435 g/mol. The van der Waals surface area contributed by atoms with Gasteiger partial charge in [-0.3, -0.25) is 4.79 Å². The Morgan fingerprint density at radius 3 is 2.62 bits per heavy atom. The van der Waals surface area contributed by atoms with E-state index in [-0.39, 0.29) is 5.91 Å². The predicted octanol–water partition coefficient (Wildman–Crippen LogP) is 3.99. The van der Waals surface area contributed by atoms with Crippen molar-refractivity contribution in [2.75, 3.05) is 11.9 Å². The molecule has 0 unspecified atom stereocenters. The highest BCUT2D eigenvalue weighted by atomic mass is 79.9. The number of hydrogen-bond acceptors (Lipinski definition) is 4. The molecule has 8 heteroatoms. The first kappa shape index (κ1) is 16.0. The summed E-state index contributed by atoms with van der Waals surface area (Å²) < 4.78 is 6.67. The second kappa shape index (κ2) is 7.06. The number of rotatable bonds is 5. The number of nitrogens with one attached hydrogen (secondary N) is 1. The molecular weight excluding hydrogens is 426 g/mol. The van der Waals surface area contributed by atoms with Gasteiger partial charge < -0.3 is 15.2 Å². The van der Waals surface area contributed by atoms with Gasteiger partial charge in [0, 0.05) is 0 Å². The molecule has 1 aromatic carbocycles. The molecule has 0 radical (unpaired) electrons. The maximum absolute atomic E-state index is 12.2. The molecule has 0 aliphatic carbocycles. The van der Waals surface area contributed by atoms with E-state index in [1.54, 1.807) is 30.3 Å². The number of halogens is 2. The molecule has 5 nitrogen and oxygen atoms in total. The van der Waals surface area contributed by atoms with Crippen LogP contribution in [0.25, 0.3) is 0 Å². The minimum atomic E-state index is -1.08. The number of carbonyl (C=O) groups is 2. The Morgan fingerprint density at radius 2 is 2.00 bits per heavy atom. The maximum Gasteiger partial charge on any atom is 0.341 e. The molecular formula is C13H9Br2NO4S. The molecule has 21 heavy (non-hydrogen) atoms. The first-order valence-electron chi connectivity index (χ1n) is 5.67. The smallest absolute Gasteiger partial charge is 0.341 e. The Hall–Kier alpha value is -1.38. The van der Waals surface area contributed by atoms with Gasteiger partial charge in [-0.2, -0.15) is 0 Å². The normalized spacial score (nSPS) is 10.2. The highest BCUT2D eigenvalue weighted by Gasteiger charge is 2.15. The van der Waals surface area contributed by atoms with Crippen molar-refractivity contribution < 1.29 is 19.4 Å². The van der Waals surface area contributed by atoms with E-state index >= 15 is 0 Å². The number of benzene rings is 1. The van der Waals surface area contributed by atoms with Crippen LogP contribution in [0.4, 0.5) is 5.69 Å². The van der Waals surface area contributed by atoms with Gasteiger partial charge in [0.1, 0.15) is 5.75 Å². The quantitative estimate of drug-likeness (QED) is 0.745. The lowest BCUT2D eigenvalue weighted by Crippen LogP contribution is -2.14. The molecule has 0 aliphatic rings. The molecule has 0 spiro atoms. The fourth-order valence-electron chi connectivity index (χ4n) is 1.52. The van der Waals surface area contributed by atoms with E-state index < -0.39 is 12.6 Å². The van der Waals surface area contributed by atoms with Crippen molar-refractivity contribution in [1.29, 1.82) is 0 Å². The van der Waals surface area contributed by atoms with Crippen molar-refractivity contribution in [3.8, 4) is 5.75 Å². The number of carboxylic acid groups (broad SMARTS) is 1. The second-order valence-corrected chi connectivity index (χ2v) is 7.62. The number of amides is 1. The second-order valence-electron chi connectivity index (χ2n) is 3.87. The number of thiophene rings is 1. The van der Waals surface area contributed by atoms with Gasteiger partial charge in [-0.1, -0.05) is 12.1 Å². The first-order valence-corrected chi connectivity index (χ1v) is 8.07. The number of carbonyl (C=O) groups excluding carboxylic acids is 1. The summed E-state index contributed by atoms with van der Waals surface area (Å²) in [5.41, 5.74) is 0.901. The lowest BCUT2D eigenvalue weighted by atomic mass is 10.2. The van der Waals surface area contributed by atoms with E-state index in [1.807, 2.05) is 0 Å². The van der Waals surface area contributed by atoms with Gasteiger partial charge in [0.15, 0.2) is 6.61 Å². The predicted molar refractivity (Wildman–Crippen MR) is 87.2 cm³/mol. The molecule has 1 aromatic heterocycles. The van der Waals surface area contributed by atoms with Gasteiger partial charge in [-0.25, -0.2) is 4.79 Å². The van der Waals surface area contributed by atoms with Crippen molar-refractivity contribution in [1.82, 2.24) is 0 Å². The highest BCUT2D eigenvalue weighted by molar-refractivity contribution is 9.12. The first-order chi connectivity index (χ1) is 9.97. The van der Waals surface area contributed by atoms with E-state index in [0.29, 0.717) is 20.8 Å². The number of hydrogen-bond donors (Lipinski definition) is 2. The number of anilines is 1. The van der Waals surface area contributed by atoms with Crippen LogP contribution < -0.4 is 10.1 Å². The number of carboxylic acids is 1. The number of ether oxygens (including phenoxy) is 1. The molecule has 2 rings (SSSR count). The van der Waals surface area contributed by atoms with Gasteiger partial charge in [0.05, 0.1) is 18.8 Å². The molecule has 110 valence electrons. The number of aliphatic carboxylic acids is 1. The van der Waals surface area contributed by atoms with Crippen LogP contribution >= 0.6 is 43.2 Å². The summed E-state index contributed by atoms with van der Waals surface area (Å²) in [5.74, 6) is -1.09. The van der Waals surface area contributed by atoms with Crippen molar-refractivity contribution in [2.24, 2.45) is 0 Å². The molecule has 0 bridgehead atoms. The molecule has 0 fully saturated rings. The SMILES string of the molecule is O=C(O)COc1ccccc1NC(=O)c1cc(Br)sc1Br. The monoisotopic (exact) mass is 433 g/mol. The Labute approximate surface area is 141 Å². The topological polar surface area (TPSA) is 75.6 Å². The summed E-state index contributed by atoms with van der Waals surface area (Å²) in [4.78, 5) is 22.8. The molecule has 0 saturated carbocycles. The zero-order valence-electron chi connectivity index (χ0n) is 10.4. The van der Waals surface area contributed by atoms with Crippen LogP contribution in [-0.4, -0.2) is 23.6 Å². The van der Waals surface area contributed by atoms with E-state index in [1.165, 1.54) is 11.3 Å². The van der Waals surface area contributed by atoms with Gasteiger partial charge in [0.2, 0.25) is 0 Å². The maximum atomic E-state index is 12.2. The van der Waals surface area contributed by atoms with Crippen molar-refractivity contribution in [3.05, 3.63) is 43.5 Å². The van der Waals surface area contributed by atoms with Crippen LogP contribution in [0, 0.1) is 0 Å². The summed E-state index contributed by atoms with van der Waals surface area (Å²) in [6, 6.07) is 8.36. The fraction of sp³-hybridized carbons (Fsp3) is 0.0769. The van der Waals surface area contributed by atoms with Crippen molar-refractivity contribution in [3.63, 3.8) is 0 Å². The molecule has 1 amide bonds. The van der Waals surface area contributed by atoms with Crippen molar-refractivity contribution in [2.45, 2.75) is 0 Å². The van der Waals surface area contributed by atoms with Crippen LogP contribution in [0.1, 0.15) is 10.4 Å². The Balaban J connectivity index is 2.17. The van der Waals surface area contributed by atoms with Crippen LogP contribution in [0.2, 0.25) is 0 Å². The minimum absolute atomic E-state index is 0.304. The Morgan fingerprint density at radius 1 is 1.29 bits per heavy atom. The molecule has 0 atom stereocenters. The van der Waals surface area contributed by atoms with E-state index in [2.05, 4.69) is 37.2 Å².